The molecule has 16 heavy (non-hydrogen) atoms. The Kier molecular flexibility index (Phi) is 2.84. The molecule has 0 fully saturated rings. The third-order valence-corrected chi connectivity index (χ3v) is 2.03. The Morgan fingerprint density at radius 1 is 0.875 bits per heavy atom. The van der Waals surface area contributed by atoms with Crippen LogP contribution in [0.5, 0.6) is 11.5 Å². The van der Waals surface area contributed by atoms with E-state index >= 15 is 0 Å². The number of benzene rings is 2. The van der Waals surface area contributed by atoms with Gasteiger partial charge in [0, 0.05) is 0 Å². The van der Waals surface area contributed by atoms with Crippen LogP contribution in [0.25, 0.3) is 0 Å². The second kappa shape index (κ2) is 4.45. The summed E-state index contributed by atoms with van der Waals surface area (Å²) in [6, 6.07) is 14.5. The molecule has 2 rings (SSSR count). The molecule has 0 amide bonds. The average Bonchev–Trinajstić information content (AvgIpc) is 2.33. The van der Waals surface area contributed by atoms with Crippen molar-refractivity contribution in [1.29, 1.82) is 5.26 Å². The lowest BCUT2D eigenvalue weighted by Crippen LogP contribution is -1.84. The van der Waals surface area contributed by atoms with Crippen molar-refractivity contribution >= 4 is 0 Å². The highest BCUT2D eigenvalue weighted by molar-refractivity contribution is 5.37. The summed E-state index contributed by atoms with van der Waals surface area (Å²) in [7, 11) is 0. The standard InChI is InChI=1S/C13H8FNO/c14-11-3-7-13(8-4-11)16-12-5-1-10(9-15)2-6-12/h1-8H. The van der Waals surface area contributed by atoms with Gasteiger partial charge in [0.2, 0.25) is 0 Å². The summed E-state index contributed by atoms with van der Waals surface area (Å²) in [5, 5.41) is 8.62. The second-order valence-corrected chi connectivity index (χ2v) is 3.19. The molecule has 0 heterocycles. The first kappa shape index (κ1) is 10.2. The molecular weight excluding hydrogens is 205 g/mol. The first-order valence-corrected chi connectivity index (χ1v) is 4.71. The molecular formula is C13H8FNO. The van der Waals surface area contributed by atoms with Gasteiger partial charge in [0.15, 0.2) is 0 Å². The molecule has 0 aliphatic heterocycles. The molecule has 0 atom stereocenters. The minimum absolute atomic E-state index is 0.299. The van der Waals surface area contributed by atoms with Gasteiger partial charge in [-0.15, -0.1) is 0 Å². The van der Waals surface area contributed by atoms with Gasteiger partial charge in [0.25, 0.3) is 0 Å². The average molecular weight is 213 g/mol. The van der Waals surface area contributed by atoms with Crippen molar-refractivity contribution in [3.8, 4) is 17.6 Å². The summed E-state index contributed by atoms with van der Waals surface area (Å²) in [6.45, 7) is 0. The largest absolute Gasteiger partial charge is 0.457 e. The van der Waals surface area contributed by atoms with Crippen LogP contribution in [0.3, 0.4) is 0 Å². The fourth-order valence-electron chi connectivity index (χ4n) is 1.24. The number of nitrogens with zero attached hydrogens (tertiary/aromatic N) is 1. The molecule has 0 unspecified atom stereocenters. The smallest absolute Gasteiger partial charge is 0.127 e. The molecule has 2 nitrogen and oxygen atoms in total. The highest BCUT2D eigenvalue weighted by atomic mass is 19.1. The van der Waals surface area contributed by atoms with Gasteiger partial charge in [-0.05, 0) is 48.5 Å². The molecule has 0 aliphatic carbocycles. The predicted octanol–water partition coefficient (Wildman–Crippen LogP) is 3.49. The van der Waals surface area contributed by atoms with Crippen molar-refractivity contribution in [1.82, 2.24) is 0 Å². The molecule has 0 radical (unpaired) electrons. The van der Waals surface area contributed by atoms with Crippen molar-refractivity contribution in [2.24, 2.45) is 0 Å². The van der Waals surface area contributed by atoms with Crippen LogP contribution >= 0.6 is 0 Å². The Morgan fingerprint density at radius 2 is 1.38 bits per heavy atom. The maximum Gasteiger partial charge on any atom is 0.127 e. The summed E-state index contributed by atoms with van der Waals surface area (Å²) in [5.41, 5.74) is 0.575. The van der Waals surface area contributed by atoms with Gasteiger partial charge in [-0.3, -0.25) is 0 Å². The van der Waals surface area contributed by atoms with Crippen molar-refractivity contribution in [2.45, 2.75) is 0 Å². The fraction of sp³-hybridized carbons (Fsp3) is 0. The van der Waals surface area contributed by atoms with E-state index in [4.69, 9.17) is 10.00 Å². The number of hydrogen-bond acceptors (Lipinski definition) is 2. The third kappa shape index (κ3) is 2.37. The molecule has 0 N–H and O–H groups in total. The number of halogens is 1. The highest BCUT2D eigenvalue weighted by Gasteiger charge is 1.97. The molecule has 2 aromatic carbocycles. The van der Waals surface area contributed by atoms with E-state index in [-0.39, 0.29) is 5.82 Å². The summed E-state index contributed by atoms with van der Waals surface area (Å²) in [5.74, 6) is 0.879. The van der Waals surface area contributed by atoms with Crippen molar-refractivity contribution < 1.29 is 9.13 Å². The fourth-order valence-corrected chi connectivity index (χ4v) is 1.24. The van der Waals surface area contributed by atoms with Gasteiger partial charge >= 0.3 is 0 Å². The lowest BCUT2D eigenvalue weighted by molar-refractivity contribution is 0.480. The molecule has 0 spiro atoms. The maximum absolute atomic E-state index is 12.6. The molecule has 78 valence electrons. The van der Waals surface area contributed by atoms with Crippen LogP contribution in [0.2, 0.25) is 0 Å². The Bertz CT molecular complexity index is 511. The van der Waals surface area contributed by atoms with E-state index in [1.807, 2.05) is 6.07 Å². The van der Waals surface area contributed by atoms with Crippen LogP contribution in [-0.4, -0.2) is 0 Å². The zero-order valence-corrected chi connectivity index (χ0v) is 8.35. The minimum atomic E-state index is -0.299. The van der Waals surface area contributed by atoms with E-state index < -0.39 is 0 Å². The number of hydrogen-bond donors (Lipinski definition) is 0. The van der Waals surface area contributed by atoms with Crippen molar-refractivity contribution in [3.05, 3.63) is 59.9 Å². The van der Waals surface area contributed by atoms with Gasteiger partial charge in [-0.1, -0.05) is 0 Å². The Labute approximate surface area is 92.5 Å². The van der Waals surface area contributed by atoms with Gasteiger partial charge < -0.3 is 4.74 Å². The van der Waals surface area contributed by atoms with Crippen LogP contribution in [-0.2, 0) is 0 Å². The molecule has 0 saturated heterocycles. The SMILES string of the molecule is N#Cc1ccc(Oc2ccc(F)cc2)cc1. The summed E-state index contributed by atoms with van der Waals surface area (Å²) < 4.78 is 18.1. The first-order chi connectivity index (χ1) is 7.78. The normalized spacial score (nSPS) is 9.50. The van der Waals surface area contributed by atoms with Crippen LogP contribution in [0.15, 0.2) is 48.5 Å². The summed E-state index contributed by atoms with van der Waals surface area (Å²) >= 11 is 0. The zero-order valence-electron chi connectivity index (χ0n) is 8.35. The van der Waals surface area contributed by atoms with E-state index in [1.165, 1.54) is 12.1 Å². The molecule has 0 saturated carbocycles. The van der Waals surface area contributed by atoms with Gasteiger partial charge in [0.1, 0.15) is 17.3 Å². The van der Waals surface area contributed by atoms with Crippen LogP contribution in [0, 0.1) is 17.1 Å². The first-order valence-electron chi connectivity index (χ1n) is 4.71. The second-order valence-electron chi connectivity index (χ2n) is 3.19. The lowest BCUT2D eigenvalue weighted by atomic mass is 10.2. The van der Waals surface area contributed by atoms with Crippen LogP contribution in [0.1, 0.15) is 5.56 Å². The van der Waals surface area contributed by atoms with Gasteiger partial charge in [-0.2, -0.15) is 5.26 Å². The zero-order chi connectivity index (χ0) is 11.4. The Hall–Kier alpha value is -2.34. The predicted molar refractivity (Wildman–Crippen MR) is 57.6 cm³/mol. The van der Waals surface area contributed by atoms with Crippen LogP contribution < -0.4 is 4.74 Å². The Morgan fingerprint density at radius 3 is 1.88 bits per heavy atom. The van der Waals surface area contributed by atoms with E-state index in [0.717, 1.165) is 0 Å². The van der Waals surface area contributed by atoms with Crippen LogP contribution in [0.4, 0.5) is 4.39 Å². The number of ether oxygens (including phenoxy) is 1. The van der Waals surface area contributed by atoms with Crippen molar-refractivity contribution in [2.75, 3.05) is 0 Å². The quantitative estimate of drug-likeness (QED) is 0.764. The lowest BCUT2D eigenvalue weighted by Gasteiger charge is -2.04. The summed E-state index contributed by atoms with van der Waals surface area (Å²) in [6.07, 6.45) is 0. The van der Waals surface area contributed by atoms with E-state index in [1.54, 1.807) is 36.4 Å². The van der Waals surface area contributed by atoms with E-state index in [2.05, 4.69) is 0 Å². The number of nitriles is 1. The monoisotopic (exact) mass is 213 g/mol. The number of rotatable bonds is 2. The highest BCUT2D eigenvalue weighted by Crippen LogP contribution is 2.21. The molecule has 3 heteroatoms. The van der Waals surface area contributed by atoms with Gasteiger partial charge in [0.05, 0.1) is 11.6 Å². The van der Waals surface area contributed by atoms with Gasteiger partial charge in [-0.25, -0.2) is 4.39 Å². The Balaban J connectivity index is 2.15. The third-order valence-electron chi connectivity index (χ3n) is 2.03. The van der Waals surface area contributed by atoms with Crippen molar-refractivity contribution in [3.63, 3.8) is 0 Å². The van der Waals surface area contributed by atoms with E-state index in [9.17, 15) is 4.39 Å². The summed E-state index contributed by atoms with van der Waals surface area (Å²) in [4.78, 5) is 0. The minimum Gasteiger partial charge on any atom is -0.457 e. The molecule has 2 aromatic rings. The maximum atomic E-state index is 12.6. The topological polar surface area (TPSA) is 33.0 Å². The molecule has 0 aliphatic rings. The molecule has 0 bridgehead atoms. The molecule has 0 aromatic heterocycles. The van der Waals surface area contributed by atoms with E-state index in [0.29, 0.717) is 17.1 Å².